The highest BCUT2D eigenvalue weighted by atomic mass is 16.5. The molecule has 1 aliphatic carbocycles. The van der Waals surface area contributed by atoms with E-state index in [1.807, 2.05) is 30.3 Å². The lowest BCUT2D eigenvalue weighted by molar-refractivity contribution is -0.143. The van der Waals surface area contributed by atoms with Gasteiger partial charge < -0.3 is 15.2 Å². The molecule has 1 fully saturated rings. The first kappa shape index (κ1) is 20.2. The van der Waals surface area contributed by atoms with Gasteiger partial charge in [-0.1, -0.05) is 50.1 Å². The Hall–Kier alpha value is -2.56. The molecule has 3 rings (SSSR count). The Labute approximate surface area is 166 Å². The second-order valence-electron chi connectivity index (χ2n) is 8.48. The predicted octanol–water partition coefficient (Wildman–Crippen LogP) is 4.64. The summed E-state index contributed by atoms with van der Waals surface area (Å²) in [6.07, 6.45) is 4.70. The lowest BCUT2D eigenvalue weighted by atomic mass is 9.83. The summed E-state index contributed by atoms with van der Waals surface area (Å²) >= 11 is 0. The van der Waals surface area contributed by atoms with Crippen LogP contribution in [-0.2, 0) is 4.79 Å². The quantitative estimate of drug-likeness (QED) is 0.762. The van der Waals surface area contributed by atoms with E-state index in [1.54, 1.807) is 6.07 Å². The van der Waals surface area contributed by atoms with Gasteiger partial charge in [0.1, 0.15) is 11.3 Å². The van der Waals surface area contributed by atoms with Gasteiger partial charge in [-0.3, -0.25) is 4.79 Å². The maximum atomic E-state index is 12.9. The minimum absolute atomic E-state index is 0.372. The number of carboxylic acids is 1. The first-order valence-corrected chi connectivity index (χ1v) is 9.98. The van der Waals surface area contributed by atoms with E-state index >= 15 is 0 Å². The van der Waals surface area contributed by atoms with Crippen LogP contribution in [0.5, 0.6) is 5.75 Å². The number of fused-ring (bicyclic) bond motifs is 1. The molecule has 2 aromatic rings. The molecule has 0 aliphatic heterocycles. The molecule has 1 aliphatic rings. The highest BCUT2D eigenvalue weighted by Gasteiger charge is 2.31. The van der Waals surface area contributed by atoms with Crippen LogP contribution in [0, 0.1) is 11.8 Å². The number of carboxylic acid groups (broad SMARTS) is 1. The van der Waals surface area contributed by atoms with Gasteiger partial charge in [0.05, 0.1) is 12.2 Å². The van der Waals surface area contributed by atoms with Crippen molar-refractivity contribution in [2.45, 2.75) is 52.0 Å². The minimum Gasteiger partial charge on any atom is -0.492 e. The number of carbonyl (C=O) groups is 2. The van der Waals surface area contributed by atoms with Crippen molar-refractivity contribution in [3.05, 3.63) is 42.0 Å². The van der Waals surface area contributed by atoms with Gasteiger partial charge in [0.25, 0.3) is 5.91 Å². The zero-order chi connectivity index (χ0) is 20.3. The molecular formula is C23H29NO4. The van der Waals surface area contributed by atoms with Crippen molar-refractivity contribution >= 4 is 22.6 Å². The van der Waals surface area contributed by atoms with E-state index < -0.39 is 17.4 Å². The van der Waals surface area contributed by atoms with Gasteiger partial charge in [-0.15, -0.1) is 0 Å². The maximum absolute atomic E-state index is 12.9. The fraction of sp³-hybridized carbons (Fsp3) is 0.478. The molecule has 2 aromatic carbocycles. The Morgan fingerprint density at radius 2 is 1.79 bits per heavy atom. The van der Waals surface area contributed by atoms with Crippen LogP contribution < -0.4 is 10.1 Å². The number of hydrogen-bond donors (Lipinski definition) is 2. The summed E-state index contributed by atoms with van der Waals surface area (Å²) in [6, 6.07) is 11.4. The first-order chi connectivity index (χ1) is 13.3. The van der Waals surface area contributed by atoms with Crippen molar-refractivity contribution in [3.63, 3.8) is 0 Å². The molecule has 0 atom stereocenters. The van der Waals surface area contributed by atoms with E-state index in [0.29, 0.717) is 23.8 Å². The lowest BCUT2D eigenvalue weighted by Crippen LogP contribution is -2.49. The average molecular weight is 383 g/mol. The highest BCUT2D eigenvalue weighted by molar-refractivity contribution is 6.05. The largest absolute Gasteiger partial charge is 0.492 e. The zero-order valence-electron chi connectivity index (χ0n) is 16.8. The lowest BCUT2D eigenvalue weighted by Gasteiger charge is -2.27. The average Bonchev–Trinajstić information content (AvgIpc) is 2.66. The van der Waals surface area contributed by atoms with Crippen molar-refractivity contribution in [3.8, 4) is 5.75 Å². The number of hydrogen-bond acceptors (Lipinski definition) is 3. The van der Waals surface area contributed by atoms with E-state index in [-0.39, 0.29) is 0 Å². The monoisotopic (exact) mass is 383 g/mol. The van der Waals surface area contributed by atoms with Crippen molar-refractivity contribution < 1.29 is 19.4 Å². The van der Waals surface area contributed by atoms with Gasteiger partial charge >= 0.3 is 5.97 Å². The Kier molecular flexibility index (Phi) is 5.92. The van der Waals surface area contributed by atoms with E-state index in [4.69, 9.17) is 4.74 Å². The number of amides is 1. The molecule has 1 amide bonds. The maximum Gasteiger partial charge on any atom is 0.328 e. The molecular weight excluding hydrogens is 354 g/mol. The predicted molar refractivity (Wildman–Crippen MR) is 110 cm³/mol. The number of nitrogens with one attached hydrogen (secondary N) is 1. The van der Waals surface area contributed by atoms with Crippen LogP contribution in [0.1, 0.15) is 56.8 Å². The second-order valence-corrected chi connectivity index (χ2v) is 8.48. The third kappa shape index (κ3) is 4.46. The number of rotatable bonds is 6. The Bertz CT molecular complexity index is 866. The summed E-state index contributed by atoms with van der Waals surface area (Å²) in [7, 11) is 0. The van der Waals surface area contributed by atoms with Gasteiger partial charge in [-0.25, -0.2) is 4.79 Å². The number of aliphatic carboxylic acids is 1. The van der Waals surface area contributed by atoms with Gasteiger partial charge in [0.2, 0.25) is 0 Å². The Morgan fingerprint density at radius 3 is 2.46 bits per heavy atom. The standard InChI is InChI=1S/C23H29NO4/c1-15-8-10-16(11-9-15)14-28-20-18-7-5-4-6-17(18)12-13-19(20)21(25)24-23(2,3)22(26)27/h4-7,12-13,15-16H,8-11,14H2,1-3H3,(H,24,25)(H,26,27). The Morgan fingerprint density at radius 1 is 1.11 bits per heavy atom. The van der Waals surface area contributed by atoms with Gasteiger partial charge in [0.15, 0.2) is 0 Å². The molecule has 2 N–H and O–H groups in total. The fourth-order valence-corrected chi connectivity index (χ4v) is 3.68. The van der Waals surface area contributed by atoms with E-state index in [1.165, 1.54) is 26.7 Å². The smallest absolute Gasteiger partial charge is 0.328 e. The Balaban J connectivity index is 1.88. The summed E-state index contributed by atoms with van der Waals surface area (Å²) in [6.45, 7) is 5.80. The molecule has 0 radical (unpaired) electrons. The second kappa shape index (κ2) is 8.21. The van der Waals surface area contributed by atoms with Crippen LogP contribution in [0.3, 0.4) is 0 Å². The third-order valence-corrected chi connectivity index (χ3v) is 5.68. The number of ether oxygens (including phenoxy) is 1. The van der Waals surface area contributed by atoms with Crippen LogP contribution in [0.4, 0.5) is 0 Å². The van der Waals surface area contributed by atoms with Gasteiger partial charge in [-0.05, 0) is 50.0 Å². The molecule has 0 saturated heterocycles. The van der Waals surface area contributed by atoms with Crippen LogP contribution in [-0.4, -0.2) is 29.1 Å². The molecule has 1 saturated carbocycles. The molecule has 5 heteroatoms. The summed E-state index contributed by atoms with van der Waals surface area (Å²) in [5, 5.41) is 13.8. The van der Waals surface area contributed by atoms with Crippen LogP contribution in [0.25, 0.3) is 10.8 Å². The molecule has 28 heavy (non-hydrogen) atoms. The first-order valence-electron chi connectivity index (χ1n) is 9.98. The van der Waals surface area contributed by atoms with Gasteiger partial charge in [0, 0.05) is 5.39 Å². The summed E-state index contributed by atoms with van der Waals surface area (Å²) in [5.74, 6) is 0.274. The van der Waals surface area contributed by atoms with E-state index in [2.05, 4.69) is 12.2 Å². The SMILES string of the molecule is CC1CCC(COc2c(C(=O)NC(C)(C)C(=O)O)ccc3ccccc23)CC1. The van der Waals surface area contributed by atoms with Gasteiger partial charge in [-0.2, -0.15) is 0 Å². The summed E-state index contributed by atoms with van der Waals surface area (Å²) in [5.41, 5.74) is -0.989. The molecule has 0 bridgehead atoms. The van der Waals surface area contributed by atoms with E-state index in [9.17, 15) is 14.7 Å². The molecule has 5 nitrogen and oxygen atoms in total. The van der Waals surface area contributed by atoms with Crippen molar-refractivity contribution in [1.29, 1.82) is 0 Å². The van der Waals surface area contributed by atoms with Crippen LogP contribution in [0.15, 0.2) is 36.4 Å². The minimum atomic E-state index is -1.36. The van der Waals surface area contributed by atoms with Crippen molar-refractivity contribution in [1.82, 2.24) is 5.32 Å². The normalized spacial score (nSPS) is 20.0. The number of carbonyl (C=O) groups excluding carboxylic acids is 1. The third-order valence-electron chi connectivity index (χ3n) is 5.68. The van der Waals surface area contributed by atoms with E-state index in [0.717, 1.165) is 29.5 Å². The summed E-state index contributed by atoms with van der Waals surface area (Å²) in [4.78, 5) is 24.3. The molecule has 0 unspecified atom stereocenters. The van der Waals surface area contributed by atoms with Crippen LogP contribution >= 0.6 is 0 Å². The molecule has 0 spiro atoms. The van der Waals surface area contributed by atoms with Crippen molar-refractivity contribution in [2.75, 3.05) is 6.61 Å². The summed E-state index contributed by atoms with van der Waals surface area (Å²) < 4.78 is 6.21. The molecule has 150 valence electrons. The molecule has 0 heterocycles. The van der Waals surface area contributed by atoms with Crippen molar-refractivity contribution in [2.24, 2.45) is 11.8 Å². The zero-order valence-corrected chi connectivity index (χ0v) is 16.8. The topological polar surface area (TPSA) is 75.6 Å². The number of benzene rings is 2. The highest BCUT2D eigenvalue weighted by Crippen LogP contribution is 2.33. The van der Waals surface area contributed by atoms with Crippen LogP contribution in [0.2, 0.25) is 0 Å². The fourth-order valence-electron chi connectivity index (χ4n) is 3.68. The molecule has 0 aromatic heterocycles.